The second-order valence-corrected chi connectivity index (χ2v) is 6.68. The largest absolute Gasteiger partial charge is 0.354 e. The molecule has 1 aliphatic heterocycles. The van der Waals surface area contributed by atoms with Crippen molar-refractivity contribution < 1.29 is 14.9 Å². The van der Waals surface area contributed by atoms with E-state index in [1.807, 2.05) is 32.9 Å². The third-order valence-corrected chi connectivity index (χ3v) is 4.86. The predicted octanol–water partition coefficient (Wildman–Crippen LogP) is 0.732. The molecule has 0 saturated heterocycles. The number of amides is 2. The highest BCUT2D eigenvalue weighted by Crippen LogP contribution is 2.13. The number of carbonyl (C=O) groups excluding carboxylic acids is 2. The van der Waals surface area contributed by atoms with Crippen molar-refractivity contribution in [3.8, 4) is 0 Å². The molecule has 1 aliphatic rings. The Morgan fingerprint density at radius 2 is 1.96 bits per heavy atom. The van der Waals surface area contributed by atoms with Crippen LogP contribution in [-0.2, 0) is 22.6 Å². The highest BCUT2D eigenvalue weighted by atomic mass is 16.2. The lowest BCUT2D eigenvalue weighted by Gasteiger charge is -2.27. The quantitative estimate of drug-likeness (QED) is 0.689. The number of quaternary nitrogens is 1. The van der Waals surface area contributed by atoms with Gasteiger partial charge in [0.25, 0.3) is 5.91 Å². The Hall–Kier alpha value is -1.88. The molecule has 0 unspecified atom stereocenters. The molecule has 4 N–H and O–H groups in total. The number of carbonyl (C=O) groups is 2. The molecular weight excluding hydrogens is 302 g/mol. The highest BCUT2D eigenvalue weighted by Gasteiger charge is 2.32. The number of hydrogen-bond acceptors (Lipinski definition) is 2. The van der Waals surface area contributed by atoms with Crippen LogP contribution in [0.3, 0.4) is 0 Å². The van der Waals surface area contributed by atoms with Gasteiger partial charge in [0.15, 0.2) is 6.04 Å². The molecular formula is C19H30N3O2+. The van der Waals surface area contributed by atoms with E-state index in [9.17, 15) is 9.59 Å². The van der Waals surface area contributed by atoms with Gasteiger partial charge in [-0.3, -0.25) is 9.59 Å². The minimum Gasteiger partial charge on any atom is -0.354 e. The molecule has 2 rings (SSSR count). The zero-order valence-corrected chi connectivity index (χ0v) is 15.0. The van der Waals surface area contributed by atoms with Gasteiger partial charge in [0.1, 0.15) is 12.6 Å². The average molecular weight is 332 g/mol. The summed E-state index contributed by atoms with van der Waals surface area (Å²) in [6.07, 6.45) is 2.45. The number of hydrogen-bond donors (Lipinski definition) is 3. The van der Waals surface area contributed by atoms with Gasteiger partial charge in [-0.2, -0.15) is 0 Å². The van der Waals surface area contributed by atoms with Gasteiger partial charge in [-0.15, -0.1) is 0 Å². The van der Waals surface area contributed by atoms with Crippen LogP contribution >= 0.6 is 0 Å². The van der Waals surface area contributed by atoms with E-state index < -0.39 is 6.04 Å². The zero-order chi connectivity index (χ0) is 17.5. The van der Waals surface area contributed by atoms with Gasteiger partial charge >= 0.3 is 0 Å². The molecule has 0 bridgehead atoms. The van der Waals surface area contributed by atoms with Crippen LogP contribution in [0.5, 0.6) is 0 Å². The van der Waals surface area contributed by atoms with Crippen LogP contribution in [0.15, 0.2) is 24.3 Å². The van der Waals surface area contributed by atoms with E-state index in [2.05, 4.69) is 28.1 Å². The first kappa shape index (κ1) is 18.5. The molecule has 2 amide bonds. The van der Waals surface area contributed by atoms with Gasteiger partial charge in [0.05, 0.1) is 0 Å². The number of nitrogens with two attached hydrogens (primary N) is 1. The van der Waals surface area contributed by atoms with E-state index in [1.165, 1.54) is 11.1 Å². The first-order valence-corrected chi connectivity index (χ1v) is 9.05. The van der Waals surface area contributed by atoms with Crippen molar-refractivity contribution in [2.75, 3.05) is 6.54 Å². The number of benzene rings is 1. The van der Waals surface area contributed by atoms with Crippen molar-refractivity contribution >= 4 is 11.8 Å². The van der Waals surface area contributed by atoms with Crippen LogP contribution in [0, 0.1) is 5.92 Å². The Balaban J connectivity index is 2.01. The summed E-state index contributed by atoms with van der Waals surface area (Å²) < 4.78 is 0. The smallest absolute Gasteiger partial charge is 0.279 e. The second kappa shape index (κ2) is 8.83. The first-order valence-electron chi connectivity index (χ1n) is 9.05. The van der Waals surface area contributed by atoms with E-state index >= 15 is 0 Å². The van der Waals surface area contributed by atoms with Gasteiger partial charge in [-0.25, -0.2) is 0 Å². The molecule has 24 heavy (non-hydrogen) atoms. The molecule has 0 saturated carbocycles. The number of fused-ring (bicyclic) bond motifs is 1. The third-order valence-electron chi connectivity index (χ3n) is 4.86. The lowest BCUT2D eigenvalue weighted by Crippen LogP contribution is -2.93. The van der Waals surface area contributed by atoms with Gasteiger partial charge in [0.2, 0.25) is 5.91 Å². The molecule has 0 radical (unpaired) electrons. The minimum absolute atomic E-state index is 0.0403. The summed E-state index contributed by atoms with van der Waals surface area (Å²) in [7, 11) is 0. The fourth-order valence-electron chi connectivity index (χ4n) is 3.07. The fraction of sp³-hybridized carbons (Fsp3) is 0.579. The monoisotopic (exact) mass is 332 g/mol. The van der Waals surface area contributed by atoms with Crippen molar-refractivity contribution in [2.45, 2.75) is 58.7 Å². The molecule has 1 heterocycles. The van der Waals surface area contributed by atoms with Crippen LogP contribution in [0.4, 0.5) is 0 Å². The summed E-state index contributed by atoms with van der Waals surface area (Å²) in [4.78, 5) is 25.1. The lowest BCUT2D eigenvalue weighted by molar-refractivity contribution is -0.695. The summed E-state index contributed by atoms with van der Waals surface area (Å²) in [6.45, 7) is 7.52. The van der Waals surface area contributed by atoms with Crippen LogP contribution in [0.25, 0.3) is 0 Å². The molecule has 0 aliphatic carbocycles. The highest BCUT2D eigenvalue weighted by molar-refractivity contribution is 5.89. The Labute approximate surface area is 144 Å². The fourth-order valence-corrected chi connectivity index (χ4v) is 3.07. The molecule has 1 aromatic rings. The van der Waals surface area contributed by atoms with Gasteiger partial charge in [0, 0.05) is 18.5 Å². The summed E-state index contributed by atoms with van der Waals surface area (Å²) in [6, 6.07) is 7.62. The lowest BCUT2D eigenvalue weighted by atomic mass is 9.94. The van der Waals surface area contributed by atoms with Crippen LogP contribution < -0.4 is 16.0 Å². The van der Waals surface area contributed by atoms with Crippen molar-refractivity contribution in [1.82, 2.24) is 10.6 Å². The van der Waals surface area contributed by atoms with E-state index in [-0.39, 0.29) is 23.8 Å². The van der Waals surface area contributed by atoms with Gasteiger partial charge < -0.3 is 16.0 Å². The SMILES string of the molecule is CCCNC(=O)[C@@H](NC(=O)[C@@H]1Cc2ccccc2C[NH2+]1)[C@H](C)CC. The maximum absolute atomic E-state index is 12.7. The van der Waals surface area contributed by atoms with Gasteiger partial charge in [-0.1, -0.05) is 51.5 Å². The molecule has 0 spiro atoms. The topological polar surface area (TPSA) is 74.8 Å². The second-order valence-electron chi connectivity index (χ2n) is 6.68. The molecule has 0 aromatic heterocycles. The molecule has 0 fully saturated rings. The number of nitrogens with one attached hydrogen (secondary N) is 2. The van der Waals surface area contributed by atoms with Crippen LogP contribution in [0.2, 0.25) is 0 Å². The summed E-state index contributed by atoms with van der Waals surface area (Å²) in [5.41, 5.74) is 2.52. The maximum atomic E-state index is 12.7. The van der Waals surface area contributed by atoms with Gasteiger partial charge in [-0.05, 0) is 17.9 Å². The van der Waals surface area contributed by atoms with Crippen molar-refractivity contribution in [2.24, 2.45) is 5.92 Å². The van der Waals surface area contributed by atoms with E-state index in [4.69, 9.17) is 0 Å². The van der Waals surface area contributed by atoms with E-state index in [0.29, 0.717) is 13.0 Å². The average Bonchev–Trinajstić information content (AvgIpc) is 2.62. The molecule has 132 valence electrons. The number of rotatable bonds is 7. The summed E-state index contributed by atoms with van der Waals surface area (Å²) in [5.74, 6) is -0.00102. The van der Waals surface area contributed by atoms with Crippen molar-refractivity contribution in [3.63, 3.8) is 0 Å². The summed E-state index contributed by atoms with van der Waals surface area (Å²) in [5, 5.41) is 7.97. The zero-order valence-electron chi connectivity index (χ0n) is 15.0. The first-order chi connectivity index (χ1) is 11.6. The Kier molecular flexibility index (Phi) is 6.79. The summed E-state index contributed by atoms with van der Waals surface area (Å²) >= 11 is 0. The Morgan fingerprint density at radius 3 is 2.62 bits per heavy atom. The van der Waals surface area contributed by atoms with E-state index in [0.717, 1.165) is 19.4 Å². The molecule has 3 atom stereocenters. The van der Waals surface area contributed by atoms with E-state index in [1.54, 1.807) is 0 Å². The van der Waals surface area contributed by atoms with Crippen molar-refractivity contribution in [1.29, 1.82) is 0 Å². The third kappa shape index (κ3) is 4.57. The minimum atomic E-state index is -0.459. The van der Waals surface area contributed by atoms with Crippen molar-refractivity contribution in [3.05, 3.63) is 35.4 Å². The van der Waals surface area contributed by atoms with Crippen LogP contribution in [-0.4, -0.2) is 30.4 Å². The molecule has 5 heteroatoms. The Morgan fingerprint density at radius 1 is 1.25 bits per heavy atom. The predicted molar refractivity (Wildman–Crippen MR) is 94.2 cm³/mol. The maximum Gasteiger partial charge on any atom is 0.279 e. The van der Waals surface area contributed by atoms with Crippen LogP contribution in [0.1, 0.15) is 44.7 Å². The Bertz CT molecular complexity index is 573. The molecule has 1 aromatic carbocycles. The molecule has 5 nitrogen and oxygen atoms in total. The normalized spacial score (nSPS) is 19.0. The standard InChI is InChI=1S/C19H29N3O2/c1-4-10-20-19(24)17(13(3)5-2)22-18(23)16-11-14-8-6-7-9-15(14)12-21-16/h6-9,13,16-17,21H,4-5,10-12H2,1-3H3,(H,20,24)(H,22,23)/p+1/t13-,16+,17+/m1/s1.